The number of hydrogen-bond donors (Lipinski definition) is 2. The minimum atomic E-state index is -0.448. The maximum absolute atomic E-state index is 9.44. The van der Waals surface area contributed by atoms with Crippen molar-refractivity contribution in [3.8, 4) is 0 Å². The third kappa shape index (κ3) is 4.15. The lowest BCUT2D eigenvalue weighted by atomic mass is 10.1. The second-order valence-corrected chi connectivity index (χ2v) is 5.31. The first-order valence-corrected chi connectivity index (χ1v) is 6.64. The van der Waals surface area contributed by atoms with E-state index >= 15 is 0 Å². The van der Waals surface area contributed by atoms with Crippen LogP contribution in [0.25, 0.3) is 0 Å². The molecule has 1 atom stereocenters. The highest BCUT2D eigenvalue weighted by atomic mass is 79.9. The molecule has 1 aromatic rings. The van der Waals surface area contributed by atoms with Crippen molar-refractivity contribution in [2.75, 3.05) is 12.4 Å². The van der Waals surface area contributed by atoms with Crippen LogP contribution in [0, 0.1) is 0 Å². The molecule has 84 valence electrons. The van der Waals surface area contributed by atoms with Crippen molar-refractivity contribution in [2.45, 2.75) is 24.3 Å². The minimum absolute atomic E-state index is 0.236. The standard InChI is InChI=1S/C11H15BrO2S/c1-8(14)10-4-3-9(7-11(10)12)15-6-2-5-13/h3-4,7-8,13-14H,2,5-6H2,1H3/t8-/m0/s1. The largest absolute Gasteiger partial charge is 0.396 e. The molecule has 0 aliphatic rings. The van der Waals surface area contributed by atoms with E-state index in [-0.39, 0.29) is 6.61 Å². The summed E-state index contributed by atoms with van der Waals surface area (Å²) >= 11 is 5.14. The van der Waals surface area contributed by atoms with Gasteiger partial charge in [0.1, 0.15) is 0 Å². The van der Waals surface area contributed by atoms with Crippen LogP contribution in [0.2, 0.25) is 0 Å². The number of aliphatic hydroxyl groups is 2. The van der Waals surface area contributed by atoms with Crippen LogP contribution in [0.1, 0.15) is 25.0 Å². The van der Waals surface area contributed by atoms with Crippen molar-refractivity contribution in [2.24, 2.45) is 0 Å². The summed E-state index contributed by atoms with van der Waals surface area (Å²) in [6, 6.07) is 5.93. The van der Waals surface area contributed by atoms with Crippen LogP contribution in [0.5, 0.6) is 0 Å². The molecule has 0 bridgehead atoms. The van der Waals surface area contributed by atoms with Crippen LogP contribution in [0.15, 0.2) is 27.6 Å². The van der Waals surface area contributed by atoms with Crippen molar-refractivity contribution >= 4 is 27.7 Å². The van der Waals surface area contributed by atoms with E-state index in [1.165, 1.54) is 0 Å². The van der Waals surface area contributed by atoms with Crippen LogP contribution in [0.4, 0.5) is 0 Å². The summed E-state index contributed by atoms with van der Waals surface area (Å²) in [7, 11) is 0. The van der Waals surface area contributed by atoms with Crippen molar-refractivity contribution in [3.63, 3.8) is 0 Å². The summed E-state index contributed by atoms with van der Waals surface area (Å²) < 4.78 is 0.937. The Hall–Kier alpha value is -0.0300. The molecule has 2 N–H and O–H groups in total. The van der Waals surface area contributed by atoms with E-state index in [2.05, 4.69) is 15.9 Å². The maximum Gasteiger partial charge on any atom is 0.0772 e. The van der Waals surface area contributed by atoms with Gasteiger partial charge in [0.05, 0.1) is 6.10 Å². The lowest BCUT2D eigenvalue weighted by molar-refractivity contribution is 0.198. The van der Waals surface area contributed by atoms with Crippen LogP contribution in [-0.4, -0.2) is 22.6 Å². The van der Waals surface area contributed by atoms with Gasteiger partial charge in [-0.15, -0.1) is 11.8 Å². The molecule has 4 heteroatoms. The number of rotatable bonds is 5. The molecule has 15 heavy (non-hydrogen) atoms. The van der Waals surface area contributed by atoms with Gasteiger partial charge in [-0.1, -0.05) is 22.0 Å². The normalized spacial score (nSPS) is 12.8. The average Bonchev–Trinajstić information content (AvgIpc) is 2.17. The maximum atomic E-state index is 9.44. The van der Waals surface area contributed by atoms with Crippen LogP contribution in [0.3, 0.4) is 0 Å². The number of aliphatic hydroxyl groups excluding tert-OH is 2. The highest BCUT2D eigenvalue weighted by Gasteiger charge is 2.06. The Bertz CT molecular complexity index is 315. The zero-order valence-corrected chi connectivity index (χ0v) is 11.0. The smallest absolute Gasteiger partial charge is 0.0772 e. The van der Waals surface area contributed by atoms with E-state index in [0.717, 1.165) is 27.1 Å². The lowest BCUT2D eigenvalue weighted by Crippen LogP contribution is -1.92. The Morgan fingerprint density at radius 2 is 2.20 bits per heavy atom. The molecule has 1 rings (SSSR count). The summed E-state index contributed by atoms with van der Waals surface area (Å²) in [5.41, 5.74) is 0.904. The van der Waals surface area contributed by atoms with Crippen LogP contribution < -0.4 is 0 Å². The minimum Gasteiger partial charge on any atom is -0.396 e. The number of hydrogen-bond acceptors (Lipinski definition) is 3. The zero-order valence-electron chi connectivity index (χ0n) is 8.61. The summed E-state index contributed by atoms with van der Waals surface area (Å²) in [5.74, 6) is 0.914. The summed E-state index contributed by atoms with van der Waals surface area (Å²) in [6.45, 7) is 1.98. The molecule has 0 aliphatic carbocycles. The fourth-order valence-corrected chi connectivity index (χ4v) is 2.93. The van der Waals surface area contributed by atoms with E-state index in [0.29, 0.717) is 0 Å². The molecule has 0 saturated carbocycles. The van der Waals surface area contributed by atoms with Gasteiger partial charge in [0, 0.05) is 21.7 Å². The van der Waals surface area contributed by atoms with E-state index in [1.54, 1.807) is 18.7 Å². The van der Waals surface area contributed by atoms with Gasteiger partial charge in [0.25, 0.3) is 0 Å². The molecule has 0 heterocycles. The van der Waals surface area contributed by atoms with Gasteiger partial charge < -0.3 is 10.2 Å². The first kappa shape index (κ1) is 13.0. The fraction of sp³-hybridized carbons (Fsp3) is 0.455. The Morgan fingerprint density at radius 1 is 1.47 bits per heavy atom. The molecule has 0 unspecified atom stereocenters. The van der Waals surface area contributed by atoms with Crippen molar-refractivity contribution < 1.29 is 10.2 Å². The van der Waals surface area contributed by atoms with Gasteiger partial charge in [-0.2, -0.15) is 0 Å². The topological polar surface area (TPSA) is 40.5 Å². The Kier molecular flexibility index (Phi) is 5.68. The zero-order chi connectivity index (χ0) is 11.3. The quantitative estimate of drug-likeness (QED) is 0.647. The van der Waals surface area contributed by atoms with Crippen LogP contribution in [-0.2, 0) is 0 Å². The molecule has 0 fully saturated rings. The highest BCUT2D eigenvalue weighted by molar-refractivity contribution is 9.10. The first-order chi connectivity index (χ1) is 7.15. The van der Waals surface area contributed by atoms with Crippen LogP contribution >= 0.6 is 27.7 Å². The van der Waals surface area contributed by atoms with E-state index in [9.17, 15) is 5.11 Å². The predicted molar refractivity (Wildman–Crippen MR) is 67.2 cm³/mol. The third-order valence-corrected chi connectivity index (χ3v) is 3.76. The van der Waals surface area contributed by atoms with Crippen molar-refractivity contribution in [1.82, 2.24) is 0 Å². The Balaban J connectivity index is 2.65. The molecule has 0 aliphatic heterocycles. The fourth-order valence-electron chi connectivity index (χ4n) is 1.19. The molecular weight excluding hydrogens is 276 g/mol. The second-order valence-electron chi connectivity index (χ2n) is 3.28. The summed E-state index contributed by atoms with van der Waals surface area (Å²) in [5, 5.41) is 18.1. The molecule has 1 aromatic carbocycles. The van der Waals surface area contributed by atoms with Gasteiger partial charge in [0.15, 0.2) is 0 Å². The van der Waals surface area contributed by atoms with Crippen molar-refractivity contribution in [3.05, 3.63) is 28.2 Å². The van der Waals surface area contributed by atoms with E-state index in [4.69, 9.17) is 5.11 Å². The second kappa shape index (κ2) is 6.53. The monoisotopic (exact) mass is 290 g/mol. The van der Waals surface area contributed by atoms with Gasteiger partial charge >= 0.3 is 0 Å². The summed E-state index contributed by atoms with van der Waals surface area (Å²) in [6.07, 6.45) is 0.358. The Labute approximate surface area is 103 Å². The SMILES string of the molecule is C[C@H](O)c1ccc(SCCCO)cc1Br. The predicted octanol–water partition coefficient (Wildman–Crippen LogP) is 2.98. The average molecular weight is 291 g/mol. The van der Waals surface area contributed by atoms with E-state index in [1.807, 2.05) is 18.2 Å². The molecule has 0 aromatic heterocycles. The molecular formula is C11H15BrO2S. The first-order valence-electron chi connectivity index (χ1n) is 4.86. The van der Waals surface area contributed by atoms with Crippen molar-refractivity contribution in [1.29, 1.82) is 0 Å². The summed E-state index contributed by atoms with van der Waals surface area (Å²) in [4.78, 5) is 1.15. The van der Waals surface area contributed by atoms with Gasteiger partial charge in [-0.3, -0.25) is 0 Å². The third-order valence-electron chi connectivity index (χ3n) is 1.99. The Morgan fingerprint density at radius 3 is 2.73 bits per heavy atom. The lowest BCUT2D eigenvalue weighted by Gasteiger charge is -2.09. The van der Waals surface area contributed by atoms with Gasteiger partial charge in [-0.05, 0) is 31.0 Å². The molecule has 0 spiro atoms. The van der Waals surface area contributed by atoms with E-state index < -0.39 is 6.10 Å². The molecule has 0 radical (unpaired) electrons. The van der Waals surface area contributed by atoms with Gasteiger partial charge in [0.2, 0.25) is 0 Å². The molecule has 2 nitrogen and oxygen atoms in total. The molecule has 0 amide bonds. The number of thioether (sulfide) groups is 1. The highest BCUT2D eigenvalue weighted by Crippen LogP contribution is 2.28. The molecule has 0 saturated heterocycles. The van der Waals surface area contributed by atoms with Gasteiger partial charge in [-0.25, -0.2) is 0 Å². The number of halogens is 1. The number of benzene rings is 1.